The highest BCUT2D eigenvalue weighted by Gasteiger charge is 2.28. The van der Waals surface area contributed by atoms with Gasteiger partial charge in [0.25, 0.3) is 0 Å². The second kappa shape index (κ2) is 33.1. The summed E-state index contributed by atoms with van der Waals surface area (Å²) in [6.45, 7) is 0. The van der Waals surface area contributed by atoms with Crippen LogP contribution in [0, 0.1) is 5.41 Å². The van der Waals surface area contributed by atoms with Gasteiger partial charge in [0.05, 0.1) is 0 Å². The molecule has 0 aromatic carbocycles. The van der Waals surface area contributed by atoms with E-state index in [2.05, 4.69) is 0 Å². The van der Waals surface area contributed by atoms with Gasteiger partial charge in [-0.25, -0.2) is 0 Å². The Morgan fingerprint density at radius 1 is 0.267 bits per heavy atom. The third-order valence-corrected chi connectivity index (χ3v) is 15.9. The van der Waals surface area contributed by atoms with Gasteiger partial charge in [0, 0.05) is 56.9 Å². The van der Waals surface area contributed by atoms with Crippen LogP contribution in [-0.4, -0.2) is 94.0 Å². The number of hydrogen-bond donors (Lipinski definition) is 0. The van der Waals surface area contributed by atoms with Crippen molar-refractivity contribution in [2.45, 2.75) is 153 Å². The van der Waals surface area contributed by atoms with E-state index >= 15 is 0 Å². The Morgan fingerprint density at radius 3 is 0.622 bits per heavy atom. The lowest BCUT2D eigenvalue weighted by molar-refractivity contribution is 0.171. The maximum Gasteiger partial charge on any atom is 0.384 e. The fourth-order valence-electron chi connectivity index (χ4n) is 6.39. The van der Waals surface area contributed by atoms with E-state index < -0.39 is 37.1 Å². The SMILES string of the molecule is CO[Si](CCCCCCC(CCCCCC[Si](OC)OC)(CCCCCC[Si](OC)OC)CCCCCC[Si](OC)OC)OC. The third-order valence-electron chi connectivity index (χ3n) is 9.17. The Labute approximate surface area is 286 Å². The smallest absolute Gasteiger partial charge is 0.384 e. The van der Waals surface area contributed by atoms with Gasteiger partial charge in [0.1, 0.15) is 0 Å². The molecule has 8 nitrogen and oxygen atoms in total. The Kier molecular flexibility index (Phi) is 33.5. The van der Waals surface area contributed by atoms with Gasteiger partial charge < -0.3 is 35.4 Å². The quantitative estimate of drug-likeness (QED) is 0.0472. The van der Waals surface area contributed by atoms with Crippen molar-refractivity contribution in [2.24, 2.45) is 5.41 Å². The average Bonchev–Trinajstić information content (AvgIpc) is 3.07. The van der Waals surface area contributed by atoms with Crippen LogP contribution < -0.4 is 0 Å². The molecule has 0 bridgehead atoms. The largest absolute Gasteiger partial charge is 0.397 e. The molecular formula is C33H72O8Si4. The van der Waals surface area contributed by atoms with Gasteiger partial charge in [-0.3, -0.25) is 0 Å². The molecule has 45 heavy (non-hydrogen) atoms. The predicted octanol–water partition coefficient (Wildman–Crippen LogP) is 8.90. The van der Waals surface area contributed by atoms with Gasteiger partial charge in [-0.15, -0.1) is 0 Å². The molecule has 0 rings (SSSR count). The Morgan fingerprint density at radius 2 is 0.444 bits per heavy atom. The van der Waals surface area contributed by atoms with Gasteiger partial charge in [-0.1, -0.05) is 103 Å². The molecule has 0 fully saturated rings. The summed E-state index contributed by atoms with van der Waals surface area (Å²) >= 11 is 0. The summed E-state index contributed by atoms with van der Waals surface area (Å²) in [7, 11) is 10.0. The van der Waals surface area contributed by atoms with Crippen LogP contribution in [0.2, 0.25) is 24.2 Å². The van der Waals surface area contributed by atoms with Crippen LogP contribution >= 0.6 is 0 Å². The molecule has 0 aromatic heterocycles. The van der Waals surface area contributed by atoms with Crippen molar-refractivity contribution in [1.82, 2.24) is 0 Å². The van der Waals surface area contributed by atoms with E-state index in [1.54, 1.807) is 56.9 Å². The summed E-state index contributed by atoms with van der Waals surface area (Å²) in [5.74, 6) is 0. The van der Waals surface area contributed by atoms with E-state index in [1.165, 1.54) is 128 Å². The molecule has 0 aromatic rings. The van der Waals surface area contributed by atoms with Crippen molar-refractivity contribution in [2.75, 3.05) is 56.9 Å². The lowest BCUT2D eigenvalue weighted by Gasteiger charge is -2.35. The molecule has 0 saturated carbocycles. The van der Waals surface area contributed by atoms with E-state index in [1.807, 2.05) is 0 Å². The second-order valence-electron chi connectivity index (χ2n) is 12.3. The molecule has 268 valence electrons. The minimum absolute atomic E-state index is 0.476. The molecule has 0 unspecified atom stereocenters. The van der Waals surface area contributed by atoms with E-state index in [0.29, 0.717) is 5.41 Å². The van der Waals surface area contributed by atoms with Crippen LogP contribution in [-0.2, 0) is 35.4 Å². The summed E-state index contributed by atoms with van der Waals surface area (Å²) < 4.78 is 44.0. The maximum atomic E-state index is 5.50. The molecule has 0 heterocycles. The number of hydrogen-bond acceptors (Lipinski definition) is 8. The second-order valence-corrected chi connectivity index (χ2v) is 20.5. The van der Waals surface area contributed by atoms with Crippen LogP contribution in [0.25, 0.3) is 0 Å². The standard InChI is InChI=1S/C33H72O8Si4/c1-34-42(35-2)29-21-13-9-17-25-33(26-18-10-14-22-30-43(36-3)37-4,27-19-11-15-23-31-44(38-5)39-6)28-20-12-16-24-32-45(40-7)41-8/h9-32H2,1-8H3. The van der Waals surface area contributed by atoms with Crippen LogP contribution in [0.5, 0.6) is 0 Å². The Hall–Kier alpha value is 0.548. The Balaban J connectivity index is 5.15. The molecule has 0 N–H and O–H groups in total. The molecule has 0 aliphatic rings. The van der Waals surface area contributed by atoms with E-state index in [0.717, 1.165) is 24.2 Å². The van der Waals surface area contributed by atoms with E-state index in [4.69, 9.17) is 35.4 Å². The molecular weight excluding hydrogens is 637 g/mol. The first-order valence-corrected chi connectivity index (χ1v) is 23.8. The predicted molar refractivity (Wildman–Crippen MR) is 193 cm³/mol. The highest BCUT2D eigenvalue weighted by molar-refractivity contribution is 6.45. The molecule has 12 heteroatoms. The van der Waals surface area contributed by atoms with Gasteiger partial charge in [-0.05, 0) is 55.3 Å². The van der Waals surface area contributed by atoms with Gasteiger partial charge in [-0.2, -0.15) is 0 Å². The lowest BCUT2D eigenvalue weighted by Crippen LogP contribution is -2.22. The molecule has 0 amide bonds. The molecule has 0 spiro atoms. The highest BCUT2D eigenvalue weighted by Crippen LogP contribution is 2.42. The monoisotopic (exact) mass is 708 g/mol. The van der Waals surface area contributed by atoms with Gasteiger partial charge in [0.2, 0.25) is 0 Å². The minimum Gasteiger partial charge on any atom is -0.397 e. The van der Waals surface area contributed by atoms with Crippen LogP contribution in [0.15, 0.2) is 0 Å². The zero-order chi connectivity index (χ0) is 33.4. The Bertz CT molecular complexity index is 494. The topological polar surface area (TPSA) is 73.8 Å². The summed E-state index contributed by atoms with van der Waals surface area (Å²) in [5, 5.41) is 0. The third kappa shape index (κ3) is 25.2. The molecule has 4 radical (unpaired) electrons. The molecule has 0 saturated heterocycles. The van der Waals surface area contributed by atoms with Gasteiger partial charge >= 0.3 is 37.1 Å². The summed E-state index contributed by atoms with van der Waals surface area (Å²) in [5.41, 5.74) is 0.476. The zero-order valence-electron chi connectivity index (χ0n) is 30.7. The van der Waals surface area contributed by atoms with Crippen molar-refractivity contribution in [3.8, 4) is 0 Å². The normalized spacial score (nSPS) is 12.5. The van der Waals surface area contributed by atoms with Crippen LogP contribution in [0.1, 0.15) is 128 Å². The highest BCUT2D eigenvalue weighted by atomic mass is 28.3. The van der Waals surface area contributed by atoms with Crippen molar-refractivity contribution in [3.63, 3.8) is 0 Å². The molecule has 0 aliphatic carbocycles. The zero-order valence-corrected chi connectivity index (χ0v) is 34.7. The van der Waals surface area contributed by atoms with Crippen molar-refractivity contribution in [1.29, 1.82) is 0 Å². The first-order valence-electron chi connectivity index (χ1n) is 17.7. The minimum atomic E-state index is -1.06. The number of rotatable bonds is 36. The van der Waals surface area contributed by atoms with Gasteiger partial charge in [0.15, 0.2) is 0 Å². The fraction of sp³-hybridized carbons (Fsp3) is 1.00. The summed E-state index contributed by atoms with van der Waals surface area (Å²) in [4.78, 5) is 0. The average molecular weight is 709 g/mol. The molecule has 0 atom stereocenters. The van der Waals surface area contributed by atoms with Crippen LogP contribution in [0.3, 0.4) is 0 Å². The van der Waals surface area contributed by atoms with Crippen molar-refractivity contribution < 1.29 is 35.4 Å². The number of unbranched alkanes of at least 4 members (excludes halogenated alkanes) is 12. The van der Waals surface area contributed by atoms with Crippen molar-refractivity contribution >= 4 is 37.1 Å². The van der Waals surface area contributed by atoms with E-state index in [9.17, 15) is 0 Å². The first kappa shape index (κ1) is 45.5. The van der Waals surface area contributed by atoms with E-state index in [-0.39, 0.29) is 0 Å². The summed E-state index contributed by atoms with van der Waals surface area (Å²) in [6, 6.07) is 4.34. The van der Waals surface area contributed by atoms with Crippen LogP contribution in [0.4, 0.5) is 0 Å². The van der Waals surface area contributed by atoms with Crippen molar-refractivity contribution in [3.05, 3.63) is 0 Å². The lowest BCUT2D eigenvalue weighted by atomic mass is 9.70. The molecule has 0 aliphatic heterocycles. The maximum absolute atomic E-state index is 5.50. The summed E-state index contributed by atoms with van der Waals surface area (Å²) in [6.07, 6.45) is 26.2. The first-order chi connectivity index (χ1) is 22.0. The fourth-order valence-corrected chi connectivity index (χ4v) is 10.8.